The quantitative estimate of drug-likeness (QED) is 0.610. The second-order valence-corrected chi connectivity index (χ2v) is 2.32. The molecule has 0 heterocycles. The zero-order valence-electron chi connectivity index (χ0n) is 6.53. The van der Waals surface area contributed by atoms with E-state index in [1.807, 2.05) is 0 Å². The van der Waals surface area contributed by atoms with Gasteiger partial charge in [-0.25, -0.2) is 4.79 Å². The fraction of sp³-hybridized carbons (Fsp3) is 0.250. The van der Waals surface area contributed by atoms with Crippen molar-refractivity contribution < 1.29 is 19.4 Å². The molecule has 1 aliphatic rings. The molecule has 1 aliphatic carbocycles. The van der Waals surface area contributed by atoms with E-state index in [-0.39, 0.29) is 12.0 Å². The van der Waals surface area contributed by atoms with Crippen LogP contribution in [0.25, 0.3) is 0 Å². The van der Waals surface area contributed by atoms with Gasteiger partial charge >= 0.3 is 5.97 Å². The molecule has 1 N–H and O–H groups in total. The maximum Gasteiger partial charge on any atom is 0.339 e. The Hall–Kier alpha value is -1.58. The number of ether oxygens (including phenoxy) is 1. The summed E-state index contributed by atoms with van der Waals surface area (Å²) in [6.07, 6.45) is 2.78. The molecule has 0 aromatic rings. The summed E-state index contributed by atoms with van der Waals surface area (Å²) in [5.74, 6) is -1.11. The van der Waals surface area contributed by atoms with Crippen molar-refractivity contribution in [1.29, 1.82) is 0 Å². The van der Waals surface area contributed by atoms with Gasteiger partial charge in [0.1, 0.15) is 11.3 Å². The van der Waals surface area contributed by atoms with E-state index in [0.29, 0.717) is 5.76 Å². The van der Waals surface area contributed by atoms with E-state index in [0.717, 1.165) is 0 Å². The van der Waals surface area contributed by atoms with E-state index in [2.05, 4.69) is 0 Å². The number of carbonyl (C=O) groups excluding carboxylic acids is 1. The van der Waals surface area contributed by atoms with E-state index >= 15 is 0 Å². The van der Waals surface area contributed by atoms with Crippen molar-refractivity contribution >= 4 is 11.8 Å². The molecular weight excluding hydrogens is 160 g/mol. The highest BCUT2D eigenvalue weighted by Crippen LogP contribution is 2.15. The summed E-state index contributed by atoms with van der Waals surface area (Å²) in [4.78, 5) is 21.4. The van der Waals surface area contributed by atoms with Gasteiger partial charge in [-0.05, 0) is 12.2 Å². The molecule has 0 aliphatic heterocycles. The molecule has 4 nitrogen and oxygen atoms in total. The molecule has 0 spiro atoms. The van der Waals surface area contributed by atoms with E-state index in [9.17, 15) is 9.59 Å². The molecule has 0 radical (unpaired) electrons. The number of hydrogen-bond acceptors (Lipinski definition) is 3. The first-order valence-corrected chi connectivity index (χ1v) is 3.36. The Labute approximate surface area is 69.1 Å². The van der Waals surface area contributed by atoms with Gasteiger partial charge in [-0.15, -0.1) is 0 Å². The van der Waals surface area contributed by atoms with Gasteiger partial charge in [0.15, 0.2) is 5.78 Å². The second-order valence-electron chi connectivity index (χ2n) is 2.32. The molecule has 0 aromatic carbocycles. The summed E-state index contributed by atoms with van der Waals surface area (Å²) in [6, 6.07) is 0. The van der Waals surface area contributed by atoms with Crippen molar-refractivity contribution in [3.63, 3.8) is 0 Å². The molecule has 0 atom stereocenters. The lowest BCUT2D eigenvalue weighted by Crippen LogP contribution is -2.15. The van der Waals surface area contributed by atoms with E-state index in [1.165, 1.54) is 19.3 Å². The molecule has 0 amide bonds. The van der Waals surface area contributed by atoms with Gasteiger partial charge in [0.2, 0.25) is 0 Å². The van der Waals surface area contributed by atoms with E-state index in [4.69, 9.17) is 9.84 Å². The first kappa shape index (κ1) is 8.52. The zero-order chi connectivity index (χ0) is 9.14. The standard InChI is InChI=1S/C8H8O4/c1-12-5-2-3-6(8(10)11)7(9)4-5/h2-3H,4H2,1H3,(H,10,11). The fourth-order valence-corrected chi connectivity index (χ4v) is 0.912. The molecule has 0 aromatic heterocycles. The molecular formula is C8H8O4. The highest BCUT2D eigenvalue weighted by molar-refractivity contribution is 6.18. The predicted octanol–water partition coefficient (Wildman–Crippen LogP) is 0.500. The van der Waals surface area contributed by atoms with Crippen LogP contribution in [0.3, 0.4) is 0 Å². The summed E-state index contributed by atoms with van der Waals surface area (Å²) >= 11 is 0. The van der Waals surface area contributed by atoms with Crippen LogP contribution in [0.1, 0.15) is 6.42 Å². The summed E-state index contributed by atoms with van der Waals surface area (Å²) in [5, 5.41) is 8.51. The molecule has 0 unspecified atom stereocenters. The number of ketones is 1. The van der Waals surface area contributed by atoms with Crippen LogP contribution in [0, 0.1) is 0 Å². The monoisotopic (exact) mass is 168 g/mol. The Morgan fingerprint density at radius 1 is 1.58 bits per heavy atom. The number of carbonyl (C=O) groups is 2. The maximum atomic E-state index is 11.0. The van der Waals surface area contributed by atoms with Crippen molar-refractivity contribution in [2.75, 3.05) is 7.11 Å². The molecule has 1 rings (SSSR count). The molecule has 64 valence electrons. The van der Waals surface area contributed by atoms with Crippen LogP contribution >= 0.6 is 0 Å². The van der Waals surface area contributed by atoms with Gasteiger partial charge in [0, 0.05) is 0 Å². The number of Topliss-reactive ketones (excluding diaryl/α,β-unsaturated/α-hetero) is 1. The van der Waals surface area contributed by atoms with Gasteiger partial charge < -0.3 is 9.84 Å². The smallest absolute Gasteiger partial charge is 0.339 e. The van der Waals surface area contributed by atoms with Crippen LogP contribution in [-0.2, 0) is 14.3 Å². The van der Waals surface area contributed by atoms with Gasteiger partial charge in [-0.3, -0.25) is 4.79 Å². The maximum absolute atomic E-state index is 11.0. The molecule has 0 fully saturated rings. The molecule has 0 bridgehead atoms. The average molecular weight is 168 g/mol. The Morgan fingerprint density at radius 2 is 2.25 bits per heavy atom. The third-order valence-corrected chi connectivity index (χ3v) is 1.56. The van der Waals surface area contributed by atoms with Crippen LogP contribution in [0.5, 0.6) is 0 Å². The SMILES string of the molecule is COC1=CC=C(C(=O)O)C(=O)C1. The largest absolute Gasteiger partial charge is 0.501 e. The van der Waals surface area contributed by atoms with Crippen molar-refractivity contribution in [2.24, 2.45) is 0 Å². The van der Waals surface area contributed by atoms with Crippen molar-refractivity contribution in [3.05, 3.63) is 23.5 Å². The van der Waals surface area contributed by atoms with Crippen LogP contribution in [0.4, 0.5) is 0 Å². The lowest BCUT2D eigenvalue weighted by atomic mass is 10.0. The highest BCUT2D eigenvalue weighted by atomic mass is 16.5. The fourth-order valence-electron chi connectivity index (χ4n) is 0.912. The van der Waals surface area contributed by atoms with Crippen molar-refractivity contribution in [2.45, 2.75) is 6.42 Å². The summed E-state index contributed by atoms with van der Waals surface area (Å²) in [7, 11) is 1.44. The van der Waals surface area contributed by atoms with Crippen LogP contribution in [0.2, 0.25) is 0 Å². The Bertz CT molecular complexity index is 285. The first-order valence-electron chi connectivity index (χ1n) is 3.36. The normalized spacial score (nSPS) is 16.6. The van der Waals surface area contributed by atoms with Gasteiger partial charge in [-0.2, -0.15) is 0 Å². The number of carboxylic acids is 1. The number of hydrogen-bond donors (Lipinski definition) is 1. The number of methoxy groups -OCH3 is 1. The third-order valence-electron chi connectivity index (χ3n) is 1.56. The Balaban J connectivity index is 2.91. The average Bonchev–Trinajstić information content (AvgIpc) is 2.03. The Morgan fingerprint density at radius 3 is 2.67 bits per heavy atom. The van der Waals surface area contributed by atoms with Gasteiger partial charge in [0.05, 0.1) is 13.5 Å². The lowest BCUT2D eigenvalue weighted by Gasteiger charge is -2.09. The number of aliphatic carboxylic acids is 1. The second kappa shape index (κ2) is 3.21. The zero-order valence-corrected chi connectivity index (χ0v) is 6.53. The van der Waals surface area contributed by atoms with Gasteiger partial charge in [0.25, 0.3) is 0 Å². The molecule has 0 saturated carbocycles. The van der Waals surface area contributed by atoms with Crippen molar-refractivity contribution in [3.8, 4) is 0 Å². The minimum Gasteiger partial charge on any atom is -0.501 e. The third kappa shape index (κ3) is 1.53. The predicted molar refractivity (Wildman–Crippen MR) is 40.4 cm³/mol. The number of carboxylic acid groups (broad SMARTS) is 1. The van der Waals surface area contributed by atoms with Gasteiger partial charge in [-0.1, -0.05) is 0 Å². The van der Waals surface area contributed by atoms with Crippen LogP contribution < -0.4 is 0 Å². The minimum atomic E-state index is -1.19. The van der Waals surface area contributed by atoms with E-state index in [1.54, 1.807) is 0 Å². The summed E-state index contributed by atoms with van der Waals surface area (Å²) < 4.78 is 4.79. The first-order chi connectivity index (χ1) is 5.65. The molecule has 12 heavy (non-hydrogen) atoms. The number of allylic oxidation sites excluding steroid dienone is 3. The highest BCUT2D eigenvalue weighted by Gasteiger charge is 2.21. The minimum absolute atomic E-state index is 0.0363. The van der Waals surface area contributed by atoms with Crippen LogP contribution in [-0.4, -0.2) is 24.0 Å². The van der Waals surface area contributed by atoms with Crippen LogP contribution in [0.15, 0.2) is 23.5 Å². The van der Waals surface area contributed by atoms with E-state index < -0.39 is 11.8 Å². The Kier molecular flexibility index (Phi) is 2.28. The topological polar surface area (TPSA) is 63.6 Å². The lowest BCUT2D eigenvalue weighted by molar-refractivity contribution is -0.134. The summed E-state index contributed by atoms with van der Waals surface area (Å²) in [6.45, 7) is 0. The summed E-state index contributed by atoms with van der Waals surface area (Å²) in [5.41, 5.74) is -0.184. The number of rotatable bonds is 2. The molecule has 0 saturated heterocycles. The molecule has 4 heteroatoms. The van der Waals surface area contributed by atoms with Crippen molar-refractivity contribution in [1.82, 2.24) is 0 Å².